The van der Waals surface area contributed by atoms with Gasteiger partial charge in [0.05, 0.1) is 0 Å². The van der Waals surface area contributed by atoms with Crippen LogP contribution in [0.4, 0.5) is 0 Å². The van der Waals surface area contributed by atoms with Crippen molar-refractivity contribution < 1.29 is 4.42 Å². The third-order valence-electron chi connectivity index (χ3n) is 3.01. The molecule has 0 saturated carbocycles. The molecule has 3 aromatic rings. The number of pyridine rings is 2. The molecule has 0 aliphatic heterocycles. The van der Waals surface area contributed by atoms with Crippen molar-refractivity contribution in [3.63, 3.8) is 0 Å². The molecule has 0 radical (unpaired) electrons. The molecule has 0 saturated heterocycles. The molecule has 0 fully saturated rings. The minimum atomic E-state index is 0.420. The van der Waals surface area contributed by atoms with Crippen LogP contribution in [0.5, 0.6) is 0 Å². The summed E-state index contributed by atoms with van der Waals surface area (Å²) < 4.78 is 5.94. The van der Waals surface area contributed by atoms with E-state index >= 15 is 0 Å². The van der Waals surface area contributed by atoms with E-state index < -0.39 is 0 Å². The van der Waals surface area contributed by atoms with Gasteiger partial charge in [0.15, 0.2) is 5.58 Å². The number of fused-ring (bicyclic) bond motifs is 1. The van der Waals surface area contributed by atoms with Gasteiger partial charge in [0.25, 0.3) is 0 Å². The maximum Gasteiger partial charge on any atom is 0.156 e. The van der Waals surface area contributed by atoms with Crippen molar-refractivity contribution in [1.82, 2.24) is 9.97 Å². The smallest absolute Gasteiger partial charge is 0.156 e. The van der Waals surface area contributed by atoms with Crippen LogP contribution in [0.3, 0.4) is 0 Å². The Kier molecular flexibility index (Phi) is 2.59. The van der Waals surface area contributed by atoms with Gasteiger partial charge in [-0.25, -0.2) is 0 Å². The van der Waals surface area contributed by atoms with Crippen LogP contribution < -0.4 is 0 Å². The molecule has 0 bridgehead atoms. The first-order valence-electron chi connectivity index (χ1n) is 6.04. The summed E-state index contributed by atoms with van der Waals surface area (Å²) in [5.74, 6) is 1.24. The molecule has 0 amide bonds. The van der Waals surface area contributed by atoms with E-state index in [9.17, 15) is 0 Å². The monoisotopic (exact) mass is 238 g/mol. The number of aromatic nitrogens is 2. The summed E-state index contributed by atoms with van der Waals surface area (Å²) in [6, 6.07) is 7.88. The third-order valence-corrected chi connectivity index (χ3v) is 3.01. The summed E-state index contributed by atoms with van der Waals surface area (Å²) in [6.45, 7) is 4.31. The van der Waals surface area contributed by atoms with Crippen LogP contribution in [0.25, 0.3) is 22.4 Å². The fraction of sp³-hybridized carbons (Fsp3) is 0.200. The zero-order valence-electron chi connectivity index (χ0n) is 10.4. The Morgan fingerprint density at radius 3 is 2.78 bits per heavy atom. The summed E-state index contributed by atoms with van der Waals surface area (Å²) in [6.07, 6.45) is 5.39. The van der Waals surface area contributed by atoms with E-state index in [-0.39, 0.29) is 0 Å². The number of hydrogen-bond donors (Lipinski definition) is 0. The van der Waals surface area contributed by atoms with Gasteiger partial charge in [-0.2, -0.15) is 0 Å². The maximum atomic E-state index is 5.94. The fourth-order valence-electron chi connectivity index (χ4n) is 2.06. The van der Waals surface area contributed by atoms with Crippen LogP contribution in [-0.4, -0.2) is 9.97 Å². The van der Waals surface area contributed by atoms with Crippen LogP contribution >= 0.6 is 0 Å². The van der Waals surface area contributed by atoms with Crippen molar-refractivity contribution in [3.8, 4) is 11.3 Å². The number of rotatable bonds is 2. The molecule has 18 heavy (non-hydrogen) atoms. The highest BCUT2D eigenvalue weighted by Crippen LogP contribution is 2.30. The molecule has 0 unspecified atom stereocenters. The molecule has 90 valence electrons. The lowest BCUT2D eigenvalue weighted by Gasteiger charge is -2.04. The molecule has 3 heteroatoms. The fourth-order valence-corrected chi connectivity index (χ4v) is 2.06. The van der Waals surface area contributed by atoms with Crippen LogP contribution in [0.1, 0.15) is 25.3 Å². The van der Waals surface area contributed by atoms with E-state index in [0.717, 1.165) is 22.4 Å². The Labute approximate surface area is 105 Å². The van der Waals surface area contributed by atoms with Gasteiger partial charge >= 0.3 is 0 Å². The Morgan fingerprint density at radius 2 is 2.06 bits per heavy atom. The molecule has 3 rings (SSSR count). The van der Waals surface area contributed by atoms with Gasteiger partial charge < -0.3 is 4.42 Å². The molecule has 0 aliphatic rings. The largest absolute Gasteiger partial charge is 0.454 e. The standard InChI is InChI=1S/C15H14N2O/c1-10(2)12-5-7-17-13-8-14(18-15(12)13)11-4-3-6-16-9-11/h3-10H,1-2H3. The molecule has 3 heterocycles. The second-order valence-electron chi connectivity index (χ2n) is 4.62. The van der Waals surface area contributed by atoms with Crippen molar-refractivity contribution in [2.75, 3.05) is 0 Å². The minimum absolute atomic E-state index is 0.420. The molecular formula is C15H14N2O. The zero-order valence-corrected chi connectivity index (χ0v) is 10.4. The number of nitrogens with zero attached hydrogens (tertiary/aromatic N) is 2. The normalized spacial score (nSPS) is 11.3. The van der Waals surface area contributed by atoms with E-state index in [1.807, 2.05) is 30.5 Å². The summed E-state index contributed by atoms with van der Waals surface area (Å²) in [4.78, 5) is 8.46. The first kappa shape index (κ1) is 11.0. The van der Waals surface area contributed by atoms with Gasteiger partial charge in [0.1, 0.15) is 11.3 Å². The van der Waals surface area contributed by atoms with E-state index in [2.05, 4.69) is 23.8 Å². The zero-order chi connectivity index (χ0) is 12.5. The first-order valence-corrected chi connectivity index (χ1v) is 6.04. The lowest BCUT2D eigenvalue weighted by atomic mass is 10.0. The Bertz CT molecular complexity index is 671. The van der Waals surface area contributed by atoms with Gasteiger partial charge in [-0.1, -0.05) is 13.8 Å². The highest BCUT2D eigenvalue weighted by molar-refractivity contribution is 5.81. The summed E-state index contributed by atoms with van der Waals surface area (Å²) in [5.41, 5.74) is 3.95. The molecule has 0 atom stereocenters. The predicted octanol–water partition coefficient (Wildman–Crippen LogP) is 4.01. The second-order valence-corrected chi connectivity index (χ2v) is 4.62. The lowest BCUT2D eigenvalue weighted by Crippen LogP contribution is -1.88. The van der Waals surface area contributed by atoms with E-state index in [1.54, 1.807) is 12.4 Å². The van der Waals surface area contributed by atoms with Crippen LogP contribution in [0, 0.1) is 0 Å². The van der Waals surface area contributed by atoms with Crippen LogP contribution in [0.15, 0.2) is 47.3 Å². The predicted molar refractivity (Wildman–Crippen MR) is 71.3 cm³/mol. The van der Waals surface area contributed by atoms with E-state index in [1.165, 1.54) is 5.56 Å². The third kappa shape index (κ3) is 1.78. The van der Waals surface area contributed by atoms with Crippen LogP contribution in [-0.2, 0) is 0 Å². The van der Waals surface area contributed by atoms with Crippen molar-refractivity contribution in [3.05, 3.63) is 48.4 Å². The molecule has 3 nitrogen and oxygen atoms in total. The molecule has 0 aromatic carbocycles. The minimum Gasteiger partial charge on any atom is -0.454 e. The molecular weight excluding hydrogens is 224 g/mol. The van der Waals surface area contributed by atoms with Gasteiger partial charge in [0, 0.05) is 35.8 Å². The Morgan fingerprint density at radius 1 is 1.17 bits per heavy atom. The maximum absolute atomic E-state index is 5.94. The Hall–Kier alpha value is -2.16. The molecule has 0 N–H and O–H groups in total. The van der Waals surface area contributed by atoms with Crippen molar-refractivity contribution >= 4 is 11.1 Å². The SMILES string of the molecule is CC(C)c1ccnc2cc(-c3cccnc3)oc12. The highest BCUT2D eigenvalue weighted by atomic mass is 16.3. The quantitative estimate of drug-likeness (QED) is 0.677. The second kappa shape index (κ2) is 4.26. The average molecular weight is 238 g/mol. The summed E-state index contributed by atoms with van der Waals surface area (Å²) in [5, 5.41) is 0. The van der Waals surface area contributed by atoms with Crippen LogP contribution in [0.2, 0.25) is 0 Å². The van der Waals surface area contributed by atoms with Crippen molar-refractivity contribution in [2.45, 2.75) is 19.8 Å². The molecule has 3 aromatic heterocycles. The van der Waals surface area contributed by atoms with Gasteiger partial charge in [-0.15, -0.1) is 0 Å². The van der Waals surface area contributed by atoms with Gasteiger partial charge in [-0.05, 0) is 24.1 Å². The Balaban J connectivity index is 2.20. The molecule has 0 spiro atoms. The van der Waals surface area contributed by atoms with E-state index in [4.69, 9.17) is 4.42 Å². The van der Waals surface area contributed by atoms with E-state index in [0.29, 0.717) is 5.92 Å². The number of furan rings is 1. The van der Waals surface area contributed by atoms with Gasteiger partial charge in [-0.3, -0.25) is 9.97 Å². The summed E-state index contributed by atoms with van der Waals surface area (Å²) >= 11 is 0. The summed E-state index contributed by atoms with van der Waals surface area (Å²) in [7, 11) is 0. The number of hydrogen-bond acceptors (Lipinski definition) is 3. The first-order chi connectivity index (χ1) is 8.75. The van der Waals surface area contributed by atoms with Gasteiger partial charge in [0.2, 0.25) is 0 Å². The highest BCUT2D eigenvalue weighted by Gasteiger charge is 2.12. The lowest BCUT2D eigenvalue weighted by molar-refractivity contribution is 0.621. The topological polar surface area (TPSA) is 38.9 Å². The average Bonchev–Trinajstić information content (AvgIpc) is 2.83. The molecule has 0 aliphatic carbocycles. The van der Waals surface area contributed by atoms with Crippen molar-refractivity contribution in [1.29, 1.82) is 0 Å². The van der Waals surface area contributed by atoms with Crippen molar-refractivity contribution in [2.24, 2.45) is 0 Å².